The summed E-state index contributed by atoms with van der Waals surface area (Å²) in [4.78, 5) is 8.49. The van der Waals surface area contributed by atoms with Gasteiger partial charge >= 0.3 is 0 Å². The van der Waals surface area contributed by atoms with Crippen LogP contribution in [0.25, 0.3) is 22.4 Å². The van der Waals surface area contributed by atoms with E-state index in [4.69, 9.17) is 11.6 Å². The number of hydrogen-bond acceptors (Lipinski definition) is 2. The molecular formula is C17H13ClN2. The Balaban J connectivity index is 1.97. The zero-order chi connectivity index (χ0) is 13.9. The molecule has 0 spiro atoms. The molecule has 2 aromatic carbocycles. The number of aromatic nitrogens is 2. The van der Waals surface area contributed by atoms with Gasteiger partial charge in [-0.1, -0.05) is 66.2 Å². The lowest BCUT2D eigenvalue weighted by molar-refractivity contribution is 1.06. The standard InChI is InChI=1S/C17H13ClN2/c1-12-19-16(11-17(18)20-12)15-9-7-14(8-10-15)13-5-3-2-4-6-13/h2-11H,1H3. The SMILES string of the molecule is Cc1nc(Cl)cc(-c2ccc(-c3ccccc3)cc2)n1. The lowest BCUT2D eigenvalue weighted by Gasteiger charge is -2.05. The minimum Gasteiger partial charge on any atom is -0.233 e. The van der Waals surface area contributed by atoms with Crippen LogP contribution in [0.3, 0.4) is 0 Å². The van der Waals surface area contributed by atoms with E-state index in [1.54, 1.807) is 6.07 Å². The second-order valence-electron chi connectivity index (χ2n) is 4.57. The first-order chi connectivity index (χ1) is 9.72. The topological polar surface area (TPSA) is 25.8 Å². The fourth-order valence-electron chi connectivity index (χ4n) is 2.14. The molecule has 3 aromatic rings. The van der Waals surface area contributed by atoms with Crippen LogP contribution in [0.4, 0.5) is 0 Å². The van der Waals surface area contributed by atoms with Gasteiger partial charge in [0.25, 0.3) is 0 Å². The van der Waals surface area contributed by atoms with Gasteiger partial charge in [0, 0.05) is 11.6 Å². The molecule has 0 aliphatic heterocycles. The van der Waals surface area contributed by atoms with Crippen molar-refractivity contribution in [3.63, 3.8) is 0 Å². The molecule has 0 amide bonds. The molecule has 0 saturated heterocycles. The van der Waals surface area contributed by atoms with Gasteiger partial charge in [-0.05, 0) is 18.1 Å². The molecule has 20 heavy (non-hydrogen) atoms. The van der Waals surface area contributed by atoms with Crippen LogP contribution in [0.1, 0.15) is 5.82 Å². The summed E-state index contributed by atoms with van der Waals surface area (Å²) in [5.41, 5.74) is 4.28. The Hall–Kier alpha value is -2.19. The van der Waals surface area contributed by atoms with Crippen molar-refractivity contribution in [3.8, 4) is 22.4 Å². The Labute approximate surface area is 123 Å². The van der Waals surface area contributed by atoms with E-state index in [-0.39, 0.29) is 0 Å². The molecule has 0 bridgehead atoms. The molecule has 0 radical (unpaired) electrons. The summed E-state index contributed by atoms with van der Waals surface area (Å²) >= 11 is 5.98. The molecule has 0 aliphatic carbocycles. The largest absolute Gasteiger partial charge is 0.233 e. The summed E-state index contributed by atoms with van der Waals surface area (Å²) in [7, 11) is 0. The molecule has 3 rings (SSSR count). The van der Waals surface area contributed by atoms with Gasteiger partial charge in [0.1, 0.15) is 11.0 Å². The average Bonchev–Trinajstić information content (AvgIpc) is 2.47. The van der Waals surface area contributed by atoms with Crippen LogP contribution in [0.2, 0.25) is 5.15 Å². The smallest absolute Gasteiger partial charge is 0.133 e. The maximum atomic E-state index is 5.98. The van der Waals surface area contributed by atoms with E-state index in [1.807, 2.05) is 25.1 Å². The summed E-state index contributed by atoms with van der Waals surface area (Å²) in [5, 5.41) is 0.472. The minimum atomic E-state index is 0.472. The lowest BCUT2D eigenvalue weighted by Crippen LogP contribution is -1.91. The quantitative estimate of drug-likeness (QED) is 0.632. The Bertz CT molecular complexity index is 701. The van der Waals surface area contributed by atoms with Crippen LogP contribution in [-0.2, 0) is 0 Å². The van der Waals surface area contributed by atoms with Gasteiger partial charge in [0.15, 0.2) is 0 Å². The summed E-state index contributed by atoms with van der Waals surface area (Å²) < 4.78 is 0. The molecule has 0 fully saturated rings. The van der Waals surface area contributed by atoms with Gasteiger partial charge in [-0.3, -0.25) is 0 Å². The van der Waals surface area contributed by atoms with E-state index in [9.17, 15) is 0 Å². The molecule has 0 atom stereocenters. The van der Waals surface area contributed by atoms with Crippen LogP contribution < -0.4 is 0 Å². The summed E-state index contributed by atoms with van der Waals surface area (Å²) in [5.74, 6) is 0.680. The fourth-order valence-corrected chi connectivity index (χ4v) is 2.37. The van der Waals surface area contributed by atoms with Gasteiger partial charge in [-0.25, -0.2) is 9.97 Å². The van der Waals surface area contributed by atoms with Crippen molar-refractivity contribution in [3.05, 3.63) is 71.6 Å². The normalized spacial score (nSPS) is 10.5. The highest BCUT2D eigenvalue weighted by molar-refractivity contribution is 6.29. The monoisotopic (exact) mass is 280 g/mol. The zero-order valence-electron chi connectivity index (χ0n) is 11.0. The lowest BCUT2D eigenvalue weighted by atomic mass is 10.0. The Morgan fingerprint density at radius 1 is 0.750 bits per heavy atom. The number of hydrogen-bond donors (Lipinski definition) is 0. The number of rotatable bonds is 2. The predicted octanol–water partition coefficient (Wildman–Crippen LogP) is 4.77. The fraction of sp³-hybridized carbons (Fsp3) is 0.0588. The Morgan fingerprint density at radius 2 is 1.35 bits per heavy atom. The highest BCUT2D eigenvalue weighted by Crippen LogP contribution is 2.24. The molecule has 0 unspecified atom stereocenters. The first-order valence-corrected chi connectivity index (χ1v) is 6.77. The third-order valence-electron chi connectivity index (χ3n) is 3.09. The van der Waals surface area contributed by atoms with E-state index in [2.05, 4.69) is 46.4 Å². The third-order valence-corrected chi connectivity index (χ3v) is 3.29. The maximum Gasteiger partial charge on any atom is 0.133 e. The van der Waals surface area contributed by atoms with Gasteiger partial charge in [-0.2, -0.15) is 0 Å². The first-order valence-electron chi connectivity index (χ1n) is 6.39. The first kappa shape index (κ1) is 12.8. The summed E-state index contributed by atoms with van der Waals surface area (Å²) in [6.45, 7) is 1.84. The van der Waals surface area contributed by atoms with E-state index >= 15 is 0 Å². The second kappa shape index (κ2) is 5.43. The van der Waals surface area contributed by atoms with Crippen LogP contribution in [-0.4, -0.2) is 9.97 Å². The van der Waals surface area contributed by atoms with Crippen molar-refractivity contribution in [1.29, 1.82) is 0 Å². The van der Waals surface area contributed by atoms with Gasteiger partial charge in [0.2, 0.25) is 0 Å². The van der Waals surface area contributed by atoms with Gasteiger partial charge < -0.3 is 0 Å². The van der Waals surface area contributed by atoms with Crippen molar-refractivity contribution in [2.75, 3.05) is 0 Å². The molecule has 0 N–H and O–H groups in total. The third kappa shape index (κ3) is 2.70. The number of benzene rings is 2. The number of halogens is 1. The minimum absolute atomic E-state index is 0.472. The van der Waals surface area contributed by atoms with Crippen LogP contribution in [0, 0.1) is 6.92 Å². The van der Waals surface area contributed by atoms with Crippen LogP contribution >= 0.6 is 11.6 Å². The van der Waals surface area contributed by atoms with Crippen LogP contribution in [0.5, 0.6) is 0 Å². The van der Waals surface area contributed by atoms with Gasteiger partial charge in [0.05, 0.1) is 5.69 Å². The molecule has 3 heteroatoms. The second-order valence-corrected chi connectivity index (χ2v) is 4.95. The molecule has 2 nitrogen and oxygen atoms in total. The van der Waals surface area contributed by atoms with Crippen molar-refractivity contribution < 1.29 is 0 Å². The highest BCUT2D eigenvalue weighted by Gasteiger charge is 2.04. The number of aryl methyl sites for hydroxylation is 1. The van der Waals surface area contributed by atoms with E-state index in [0.717, 1.165) is 11.3 Å². The Morgan fingerprint density at radius 3 is 2.00 bits per heavy atom. The average molecular weight is 281 g/mol. The summed E-state index contributed by atoms with van der Waals surface area (Å²) in [6, 6.07) is 20.4. The van der Waals surface area contributed by atoms with Gasteiger partial charge in [-0.15, -0.1) is 0 Å². The van der Waals surface area contributed by atoms with Crippen molar-refractivity contribution in [1.82, 2.24) is 9.97 Å². The van der Waals surface area contributed by atoms with Crippen molar-refractivity contribution in [2.24, 2.45) is 0 Å². The van der Waals surface area contributed by atoms with E-state index in [1.165, 1.54) is 11.1 Å². The highest BCUT2D eigenvalue weighted by atomic mass is 35.5. The zero-order valence-corrected chi connectivity index (χ0v) is 11.8. The number of nitrogens with zero attached hydrogens (tertiary/aromatic N) is 2. The molecule has 1 heterocycles. The molecule has 98 valence electrons. The van der Waals surface area contributed by atoms with Crippen LogP contribution in [0.15, 0.2) is 60.7 Å². The van der Waals surface area contributed by atoms with E-state index < -0.39 is 0 Å². The predicted molar refractivity (Wildman–Crippen MR) is 82.7 cm³/mol. The Kier molecular flexibility index (Phi) is 3.48. The molecule has 1 aromatic heterocycles. The summed E-state index contributed by atoms with van der Waals surface area (Å²) in [6.07, 6.45) is 0. The van der Waals surface area contributed by atoms with Crippen molar-refractivity contribution in [2.45, 2.75) is 6.92 Å². The maximum absolute atomic E-state index is 5.98. The van der Waals surface area contributed by atoms with E-state index in [0.29, 0.717) is 11.0 Å². The molecular weight excluding hydrogens is 268 g/mol. The molecule has 0 saturated carbocycles. The molecule has 0 aliphatic rings. The van der Waals surface area contributed by atoms with Crippen molar-refractivity contribution >= 4 is 11.6 Å².